The van der Waals surface area contributed by atoms with Gasteiger partial charge in [0.25, 0.3) is 0 Å². The van der Waals surface area contributed by atoms with Gasteiger partial charge in [-0.2, -0.15) is 5.26 Å². The average Bonchev–Trinajstić information content (AvgIpc) is 3.13. The summed E-state index contributed by atoms with van der Waals surface area (Å²) in [5, 5.41) is 21.9. The third kappa shape index (κ3) is 3.15. The first kappa shape index (κ1) is 19.4. The fraction of sp³-hybridized carbons (Fsp3) is 0.273. The molecule has 4 rings (SSSR count). The molecular formula is C22H20N2O4S. The standard InChI is InChI=1S/C22H20N2O4S/c1-27-16-8-6-15(7-9-16)22(26)13-29-21-19(12-23)18(11-20(25)24(21)22)14-4-3-5-17(10-14)28-2/h3-10,18,26H,11,13H2,1-2H3. The zero-order valence-electron chi connectivity index (χ0n) is 16.1. The average molecular weight is 408 g/mol. The molecule has 148 valence electrons. The minimum atomic E-state index is -1.50. The Morgan fingerprint density at radius 1 is 1.17 bits per heavy atom. The van der Waals surface area contributed by atoms with Crippen molar-refractivity contribution in [3.05, 3.63) is 70.3 Å². The van der Waals surface area contributed by atoms with E-state index in [9.17, 15) is 15.2 Å². The summed E-state index contributed by atoms with van der Waals surface area (Å²) in [5.41, 5.74) is 0.436. The molecule has 2 heterocycles. The smallest absolute Gasteiger partial charge is 0.231 e. The number of allylic oxidation sites excluding steroid dienone is 1. The van der Waals surface area contributed by atoms with Gasteiger partial charge in [-0.3, -0.25) is 9.69 Å². The molecule has 2 aromatic rings. The molecule has 2 aromatic carbocycles. The normalized spacial score (nSPS) is 23.6. The van der Waals surface area contributed by atoms with Crippen LogP contribution in [0, 0.1) is 11.3 Å². The van der Waals surface area contributed by atoms with Gasteiger partial charge in [0.15, 0.2) is 5.72 Å². The zero-order chi connectivity index (χ0) is 20.6. The molecule has 2 unspecified atom stereocenters. The van der Waals surface area contributed by atoms with Crippen molar-refractivity contribution in [1.82, 2.24) is 4.90 Å². The number of hydrogen-bond acceptors (Lipinski definition) is 6. The van der Waals surface area contributed by atoms with Crippen molar-refractivity contribution < 1.29 is 19.4 Å². The molecule has 6 nitrogen and oxygen atoms in total. The van der Waals surface area contributed by atoms with Crippen LogP contribution in [0.5, 0.6) is 11.5 Å². The quantitative estimate of drug-likeness (QED) is 0.835. The first-order valence-electron chi connectivity index (χ1n) is 9.13. The van der Waals surface area contributed by atoms with Gasteiger partial charge in [-0.25, -0.2) is 0 Å². The van der Waals surface area contributed by atoms with Crippen molar-refractivity contribution in [2.45, 2.75) is 18.1 Å². The van der Waals surface area contributed by atoms with E-state index < -0.39 is 5.72 Å². The lowest BCUT2D eigenvalue weighted by Crippen LogP contribution is -2.48. The number of amides is 1. The van der Waals surface area contributed by atoms with Crippen LogP contribution in [0.3, 0.4) is 0 Å². The van der Waals surface area contributed by atoms with Gasteiger partial charge in [0.05, 0.1) is 36.6 Å². The molecule has 1 fully saturated rings. The van der Waals surface area contributed by atoms with Crippen molar-refractivity contribution in [3.63, 3.8) is 0 Å². The highest BCUT2D eigenvalue weighted by Crippen LogP contribution is 2.51. The predicted molar refractivity (Wildman–Crippen MR) is 109 cm³/mol. The Morgan fingerprint density at radius 3 is 2.55 bits per heavy atom. The fourth-order valence-electron chi connectivity index (χ4n) is 3.84. The summed E-state index contributed by atoms with van der Waals surface area (Å²) in [4.78, 5) is 14.5. The lowest BCUT2D eigenvalue weighted by atomic mass is 9.85. The maximum absolute atomic E-state index is 13.1. The van der Waals surface area contributed by atoms with Crippen molar-refractivity contribution >= 4 is 17.7 Å². The topological polar surface area (TPSA) is 82.8 Å². The summed E-state index contributed by atoms with van der Waals surface area (Å²) in [6, 6.07) is 16.7. The Morgan fingerprint density at radius 2 is 1.90 bits per heavy atom. The highest BCUT2D eigenvalue weighted by Gasteiger charge is 2.51. The number of thioether (sulfide) groups is 1. The summed E-state index contributed by atoms with van der Waals surface area (Å²) >= 11 is 1.33. The number of fused-ring (bicyclic) bond motifs is 1. The summed E-state index contributed by atoms with van der Waals surface area (Å²) in [5.74, 6) is 1.03. The molecule has 0 radical (unpaired) electrons. The van der Waals surface area contributed by atoms with Crippen LogP contribution in [0.2, 0.25) is 0 Å². The van der Waals surface area contributed by atoms with E-state index in [4.69, 9.17) is 9.47 Å². The maximum atomic E-state index is 13.1. The molecule has 2 atom stereocenters. The monoisotopic (exact) mass is 408 g/mol. The summed E-state index contributed by atoms with van der Waals surface area (Å²) in [7, 11) is 3.15. The van der Waals surface area contributed by atoms with E-state index in [1.54, 1.807) is 38.5 Å². The molecule has 1 saturated heterocycles. The Labute approximate surface area is 173 Å². The van der Waals surface area contributed by atoms with Crippen molar-refractivity contribution in [1.29, 1.82) is 5.26 Å². The number of carbonyl (C=O) groups excluding carboxylic acids is 1. The van der Waals surface area contributed by atoms with Gasteiger partial charge in [-0.1, -0.05) is 24.3 Å². The second kappa shape index (κ2) is 7.47. The third-order valence-electron chi connectivity index (χ3n) is 5.36. The van der Waals surface area contributed by atoms with Crippen LogP contribution in [-0.2, 0) is 10.5 Å². The van der Waals surface area contributed by atoms with Gasteiger partial charge in [-0.05, 0) is 29.8 Å². The summed E-state index contributed by atoms with van der Waals surface area (Å²) < 4.78 is 10.5. The largest absolute Gasteiger partial charge is 0.497 e. The van der Waals surface area contributed by atoms with E-state index in [0.29, 0.717) is 27.7 Å². The number of rotatable bonds is 4. The first-order chi connectivity index (χ1) is 14.0. The van der Waals surface area contributed by atoms with Crippen LogP contribution in [0.25, 0.3) is 0 Å². The minimum Gasteiger partial charge on any atom is -0.497 e. The predicted octanol–water partition coefficient (Wildman–Crippen LogP) is 3.35. The zero-order valence-corrected chi connectivity index (χ0v) is 16.9. The van der Waals surface area contributed by atoms with Crippen LogP contribution in [0.1, 0.15) is 23.5 Å². The molecule has 0 bridgehead atoms. The Bertz CT molecular complexity index is 1030. The molecule has 1 N–H and O–H groups in total. The second-order valence-corrected chi connectivity index (χ2v) is 7.89. The number of nitrogens with zero attached hydrogens (tertiary/aromatic N) is 2. The van der Waals surface area contributed by atoms with E-state index in [1.807, 2.05) is 24.3 Å². The van der Waals surface area contributed by atoms with Crippen LogP contribution in [0.4, 0.5) is 0 Å². The minimum absolute atomic E-state index is 0.110. The lowest BCUT2D eigenvalue weighted by Gasteiger charge is -2.38. The van der Waals surface area contributed by atoms with Crippen LogP contribution >= 0.6 is 11.8 Å². The Hall–Kier alpha value is -2.95. The van der Waals surface area contributed by atoms with E-state index in [1.165, 1.54) is 16.7 Å². The van der Waals surface area contributed by atoms with Crippen LogP contribution in [0.15, 0.2) is 59.1 Å². The van der Waals surface area contributed by atoms with E-state index in [0.717, 1.165) is 5.56 Å². The highest BCUT2D eigenvalue weighted by atomic mass is 32.2. The van der Waals surface area contributed by atoms with E-state index in [2.05, 4.69) is 6.07 Å². The third-order valence-corrected chi connectivity index (χ3v) is 6.58. The van der Waals surface area contributed by atoms with Crippen LogP contribution in [-0.4, -0.2) is 35.9 Å². The molecule has 2 aliphatic rings. The number of ether oxygens (including phenoxy) is 2. The Balaban J connectivity index is 1.77. The second-order valence-electron chi connectivity index (χ2n) is 6.93. The van der Waals surface area contributed by atoms with Crippen molar-refractivity contribution in [2.75, 3.05) is 20.0 Å². The summed E-state index contributed by atoms with van der Waals surface area (Å²) in [6.45, 7) is 0. The molecule has 29 heavy (non-hydrogen) atoms. The first-order valence-corrected chi connectivity index (χ1v) is 10.1. The van der Waals surface area contributed by atoms with Gasteiger partial charge in [0.2, 0.25) is 5.91 Å². The molecule has 2 aliphatic heterocycles. The number of aliphatic hydroxyl groups is 1. The SMILES string of the molecule is COc1ccc(C2(O)CSC3=C(C#N)C(c4cccc(OC)c4)CC(=O)N32)cc1. The molecular weight excluding hydrogens is 388 g/mol. The number of carbonyl (C=O) groups is 1. The van der Waals surface area contributed by atoms with Crippen molar-refractivity contribution in [3.8, 4) is 17.6 Å². The molecule has 1 amide bonds. The van der Waals surface area contributed by atoms with Gasteiger partial charge < -0.3 is 14.6 Å². The van der Waals surface area contributed by atoms with Crippen LogP contribution < -0.4 is 9.47 Å². The highest BCUT2D eigenvalue weighted by molar-refractivity contribution is 8.03. The van der Waals surface area contributed by atoms with E-state index in [-0.39, 0.29) is 24.0 Å². The number of benzene rings is 2. The molecule has 0 spiro atoms. The molecule has 7 heteroatoms. The number of hydrogen-bond donors (Lipinski definition) is 1. The maximum Gasteiger partial charge on any atom is 0.231 e. The van der Waals surface area contributed by atoms with E-state index >= 15 is 0 Å². The van der Waals surface area contributed by atoms with Crippen molar-refractivity contribution in [2.24, 2.45) is 0 Å². The molecule has 0 aliphatic carbocycles. The fourth-order valence-corrected chi connectivity index (χ4v) is 5.20. The van der Waals surface area contributed by atoms with Gasteiger partial charge in [0, 0.05) is 17.9 Å². The lowest BCUT2D eigenvalue weighted by molar-refractivity contribution is -0.149. The van der Waals surface area contributed by atoms with Gasteiger partial charge >= 0.3 is 0 Å². The van der Waals surface area contributed by atoms with Gasteiger partial charge in [0.1, 0.15) is 11.5 Å². The number of methoxy groups -OCH3 is 2. The number of nitriles is 1. The van der Waals surface area contributed by atoms with Gasteiger partial charge in [-0.15, -0.1) is 11.8 Å². The Kier molecular flexibility index (Phi) is 4.99. The molecule has 0 aromatic heterocycles. The summed E-state index contributed by atoms with van der Waals surface area (Å²) in [6.07, 6.45) is 0.110. The molecule has 0 saturated carbocycles.